The number of aryl methyl sites for hydroxylation is 1. The molecule has 0 aliphatic rings. The Hall–Kier alpha value is -1.48. The summed E-state index contributed by atoms with van der Waals surface area (Å²) in [5, 5.41) is 3.74. The van der Waals surface area contributed by atoms with E-state index in [-0.39, 0.29) is 0 Å². The first-order valence-electron chi connectivity index (χ1n) is 4.17. The van der Waals surface area contributed by atoms with Crippen LogP contribution in [0.15, 0.2) is 35.3 Å². The van der Waals surface area contributed by atoms with Gasteiger partial charge in [-0.2, -0.15) is 0 Å². The molecule has 0 saturated heterocycles. The summed E-state index contributed by atoms with van der Waals surface area (Å²) in [6.07, 6.45) is 4.92. The molecule has 0 unspecified atom stereocenters. The fourth-order valence-electron chi connectivity index (χ4n) is 1.08. The Morgan fingerprint density at radius 2 is 2.21 bits per heavy atom. The predicted octanol–water partition coefficient (Wildman–Crippen LogP) is 3.38. The zero-order chi connectivity index (χ0) is 9.97. The number of anilines is 2. The standard InChI is InChI=1S/C10H9ClN2O/c1-7-5-14-6-9(7)13-10-3-2-8(11)4-12-10/h2-6H,1H3,(H,12,13). The fourth-order valence-corrected chi connectivity index (χ4v) is 1.19. The van der Waals surface area contributed by atoms with Crippen LogP contribution in [0.1, 0.15) is 5.56 Å². The van der Waals surface area contributed by atoms with Gasteiger partial charge < -0.3 is 9.73 Å². The molecule has 3 nitrogen and oxygen atoms in total. The second kappa shape index (κ2) is 3.72. The summed E-state index contributed by atoms with van der Waals surface area (Å²) in [5.41, 5.74) is 1.96. The predicted molar refractivity (Wildman–Crippen MR) is 56.0 cm³/mol. The lowest BCUT2D eigenvalue weighted by Crippen LogP contribution is -1.92. The van der Waals surface area contributed by atoms with E-state index >= 15 is 0 Å². The molecule has 2 heterocycles. The van der Waals surface area contributed by atoms with E-state index < -0.39 is 0 Å². The number of hydrogen-bond donors (Lipinski definition) is 1. The molecule has 2 aromatic heterocycles. The van der Waals surface area contributed by atoms with Gasteiger partial charge in [0.15, 0.2) is 0 Å². The van der Waals surface area contributed by atoms with Gasteiger partial charge >= 0.3 is 0 Å². The van der Waals surface area contributed by atoms with Crippen molar-refractivity contribution < 1.29 is 4.42 Å². The van der Waals surface area contributed by atoms with E-state index in [0.29, 0.717) is 5.02 Å². The maximum atomic E-state index is 5.72. The lowest BCUT2D eigenvalue weighted by molar-refractivity contribution is 0.566. The van der Waals surface area contributed by atoms with Crippen LogP contribution in [0.2, 0.25) is 5.02 Å². The summed E-state index contributed by atoms with van der Waals surface area (Å²) in [6.45, 7) is 1.96. The summed E-state index contributed by atoms with van der Waals surface area (Å²) in [5.74, 6) is 0.749. The number of pyridine rings is 1. The molecule has 0 spiro atoms. The third-order valence-corrected chi connectivity index (χ3v) is 2.07. The van der Waals surface area contributed by atoms with Crippen LogP contribution >= 0.6 is 11.6 Å². The second-order valence-corrected chi connectivity index (χ2v) is 3.39. The Morgan fingerprint density at radius 3 is 2.79 bits per heavy atom. The maximum absolute atomic E-state index is 5.72. The average molecular weight is 209 g/mol. The van der Waals surface area contributed by atoms with Gasteiger partial charge in [-0.25, -0.2) is 4.98 Å². The highest BCUT2D eigenvalue weighted by molar-refractivity contribution is 6.30. The number of halogens is 1. The van der Waals surface area contributed by atoms with Crippen LogP contribution in [0.4, 0.5) is 11.5 Å². The van der Waals surface area contributed by atoms with Gasteiger partial charge in [0.25, 0.3) is 0 Å². The van der Waals surface area contributed by atoms with Crippen molar-refractivity contribution in [2.24, 2.45) is 0 Å². The van der Waals surface area contributed by atoms with Gasteiger partial charge in [-0.05, 0) is 19.1 Å². The Bertz CT molecular complexity index is 422. The molecular weight excluding hydrogens is 200 g/mol. The van der Waals surface area contributed by atoms with Gasteiger partial charge in [0.05, 0.1) is 17.0 Å². The van der Waals surface area contributed by atoms with Gasteiger partial charge in [-0.3, -0.25) is 0 Å². The van der Waals surface area contributed by atoms with Crippen LogP contribution in [0.3, 0.4) is 0 Å². The Kier molecular flexibility index (Phi) is 2.41. The van der Waals surface area contributed by atoms with E-state index in [1.165, 1.54) is 0 Å². The molecule has 2 rings (SSSR count). The smallest absolute Gasteiger partial charge is 0.130 e. The van der Waals surface area contributed by atoms with E-state index in [1.807, 2.05) is 13.0 Å². The molecule has 0 aliphatic carbocycles. The number of nitrogens with zero attached hydrogens (tertiary/aromatic N) is 1. The second-order valence-electron chi connectivity index (χ2n) is 2.96. The van der Waals surface area contributed by atoms with Crippen molar-refractivity contribution in [3.8, 4) is 0 Å². The van der Waals surface area contributed by atoms with Crippen LogP contribution in [-0.2, 0) is 0 Å². The minimum atomic E-state index is 0.625. The number of aromatic nitrogens is 1. The third-order valence-electron chi connectivity index (χ3n) is 1.85. The highest BCUT2D eigenvalue weighted by Gasteiger charge is 2.01. The normalized spacial score (nSPS) is 10.1. The molecule has 4 heteroatoms. The molecule has 0 saturated carbocycles. The summed E-state index contributed by atoms with van der Waals surface area (Å²) >= 11 is 5.72. The fraction of sp³-hybridized carbons (Fsp3) is 0.100. The SMILES string of the molecule is Cc1cocc1Nc1ccc(Cl)cn1. The zero-order valence-corrected chi connectivity index (χ0v) is 8.38. The Balaban J connectivity index is 2.19. The van der Waals surface area contributed by atoms with Crippen molar-refractivity contribution in [3.05, 3.63) is 41.4 Å². The lowest BCUT2D eigenvalue weighted by atomic mass is 10.3. The minimum Gasteiger partial charge on any atom is -0.470 e. The quantitative estimate of drug-likeness (QED) is 0.822. The Labute approximate surface area is 86.7 Å². The third kappa shape index (κ3) is 1.88. The zero-order valence-electron chi connectivity index (χ0n) is 7.62. The number of furan rings is 1. The highest BCUT2D eigenvalue weighted by atomic mass is 35.5. The first-order chi connectivity index (χ1) is 6.75. The molecule has 0 radical (unpaired) electrons. The number of nitrogens with one attached hydrogen (secondary N) is 1. The van der Waals surface area contributed by atoms with Crippen LogP contribution in [0, 0.1) is 6.92 Å². The van der Waals surface area contributed by atoms with Crippen molar-refractivity contribution in [1.82, 2.24) is 4.98 Å². The van der Waals surface area contributed by atoms with Gasteiger partial charge in [0.2, 0.25) is 0 Å². The molecule has 0 atom stereocenters. The van der Waals surface area contributed by atoms with Gasteiger partial charge in [-0.15, -0.1) is 0 Å². The maximum Gasteiger partial charge on any atom is 0.130 e. The van der Waals surface area contributed by atoms with Gasteiger partial charge in [-0.1, -0.05) is 11.6 Å². The number of hydrogen-bond acceptors (Lipinski definition) is 3. The topological polar surface area (TPSA) is 38.1 Å². The molecule has 0 aromatic carbocycles. The van der Waals surface area contributed by atoms with E-state index in [4.69, 9.17) is 16.0 Å². The van der Waals surface area contributed by atoms with E-state index in [1.54, 1.807) is 24.8 Å². The van der Waals surface area contributed by atoms with Crippen LogP contribution < -0.4 is 5.32 Å². The van der Waals surface area contributed by atoms with E-state index in [9.17, 15) is 0 Å². The first-order valence-corrected chi connectivity index (χ1v) is 4.55. The first kappa shape index (κ1) is 9.09. The van der Waals surface area contributed by atoms with Crippen molar-refractivity contribution >= 4 is 23.1 Å². The van der Waals surface area contributed by atoms with Gasteiger partial charge in [0, 0.05) is 11.8 Å². The average Bonchev–Trinajstić information content (AvgIpc) is 2.56. The molecule has 0 fully saturated rings. The molecule has 14 heavy (non-hydrogen) atoms. The van der Waals surface area contributed by atoms with Crippen LogP contribution in [0.5, 0.6) is 0 Å². The molecule has 0 bridgehead atoms. The van der Waals surface area contributed by atoms with Crippen molar-refractivity contribution in [2.45, 2.75) is 6.92 Å². The van der Waals surface area contributed by atoms with Crippen molar-refractivity contribution in [3.63, 3.8) is 0 Å². The van der Waals surface area contributed by atoms with Crippen molar-refractivity contribution in [1.29, 1.82) is 0 Å². The lowest BCUT2D eigenvalue weighted by Gasteiger charge is -2.02. The molecule has 2 aromatic rings. The summed E-state index contributed by atoms with van der Waals surface area (Å²) in [4.78, 5) is 4.11. The molecule has 72 valence electrons. The number of rotatable bonds is 2. The summed E-state index contributed by atoms with van der Waals surface area (Å²) in [7, 11) is 0. The van der Waals surface area contributed by atoms with Gasteiger partial charge in [0.1, 0.15) is 12.1 Å². The van der Waals surface area contributed by atoms with E-state index in [2.05, 4.69) is 10.3 Å². The Morgan fingerprint density at radius 1 is 1.36 bits per heavy atom. The highest BCUT2D eigenvalue weighted by Crippen LogP contribution is 2.20. The molecular formula is C10H9ClN2O. The van der Waals surface area contributed by atoms with Crippen LogP contribution in [-0.4, -0.2) is 4.98 Å². The summed E-state index contributed by atoms with van der Waals surface area (Å²) in [6, 6.07) is 3.60. The summed E-state index contributed by atoms with van der Waals surface area (Å²) < 4.78 is 5.02. The van der Waals surface area contributed by atoms with E-state index in [0.717, 1.165) is 17.1 Å². The largest absolute Gasteiger partial charge is 0.470 e. The van der Waals surface area contributed by atoms with Crippen molar-refractivity contribution in [2.75, 3.05) is 5.32 Å². The monoisotopic (exact) mass is 208 g/mol. The molecule has 0 amide bonds. The van der Waals surface area contributed by atoms with Crippen LogP contribution in [0.25, 0.3) is 0 Å². The molecule has 0 aliphatic heterocycles. The molecule has 1 N–H and O–H groups in total. The minimum absolute atomic E-state index is 0.625.